The summed E-state index contributed by atoms with van der Waals surface area (Å²) in [5.41, 5.74) is 2.19. The van der Waals surface area contributed by atoms with Crippen molar-refractivity contribution in [2.75, 3.05) is 38.7 Å². The molecule has 1 N–H and O–H groups in total. The molecule has 1 aliphatic heterocycles. The van der Waals surface area contributed by atoms with Crippen LogP contribution >= 0.6 is 0 Å². The maximum absolute atomic E-state index is 12.9. The van der Waals surface area contributed by atoms with E-state index in [0.717, 1.165) is 56.6 Å². The molecular weight excluding hydrogens is 414 g/mol. The largest absolute Gasteiger partial charge is 0.406 e. The van der Waals surface area contributed by atoms with Crippen LogP contribution < -0.4 is 5.32 Å². The normalized spacial score (nSPS) is 14.9. The molecule has 1 saturated heterocycles. The van der Waals surface area contributed by atoms with E-state index in [0.29, 0.717) is 17.3 Å². The summed E-state index contributed by atoms with van der Waals surface area (Å²) >= 11 is 0. The minimum Gasteiger partial charge on any atom is -0.385 e. The monoisotopic (exact) mass is 454 g/mol. The number of piperidine rings is 1. The first-order valence-corrected chi connectivity index (χ1v) is 11.7. The molecule has 4 nitrogen and oxygen atoms in total. The van der Waals surface area contributed by atoms with E-state index in [1.165, 1.54) is 4.57 Å². The second kappa shape index (κ2) is 14.5. The van der Waals surface area contributed by atoms with Gasteiger partial charge in [-0.25, -0.2) is 0 Å². The molecule has 1 fully saturated rings. The minimum absolute atomic E-state index is 0.348. The van der Waals surface area contributed by atoms with Crippen LogP contribution in [0.4, 0.5) is 18.9 Å². The number of rotatable bonds is 7. The molecule has 32 heavy (non-hydrogen) atoms. The summed E-state index contributed by atoms with van der Waals surface area (Å²) in [6.07, 6.45) is -1.12. The Labute approximate surface area is 192 Å². The third-order valence-electron chi connectivity index (χ3n) is 5.26. The fraction of sp³-hybridized carbons (Fsp3) is 0.667. The number of aromatic nitrogens is 1. The zero-order valence-electron chi connectivity index (χ0n) is 20.6. The number of hydrogen-bond acceptors (Lipinski definition) is 3. The van der Waals surface area contributed by atoms with E-state index < -0.39 is 12.7 Å². The van der Waals surface area contributed by atoms with Crippen LogP contribution in [-0.4, -0.2) is 62.3 Å². The third-order valence-corrected chi connectivity index (χ3v) is 5.26. The molecule has 2 heterocycles. The molecule has 0 amide bonds. The van der Waals surface area contributed by atoms with Crippen LogP contribution in [0.5, 0.6) is 0 Å². The number of anilines is 1. The number of benzene rings is 1. The van der Waals surface area contributed by atoms with Crippen molar-refractivity contribution in [1.82, 2.24) is 9.47 Å². The average molecular weight is 454 g/mol. The Morgan fingerprint density at radius 2 is 1.78 bits per heavy atom. The lowest BCUT2D eigenvalue weighted by atomic mass is 9.88. The molecule has 1 aromatic heterocycles. The quantitative estimate of drug-likeness (QED) is 0.397. The van der Waals surface area contributed by atoms with Crippen LogP contribution in [0, 0.1) is 6.92 Å². The van der Waals surface area contributed by atoms with Gasteiger partial charge >= 0.3 is 6.18 Å². The molecule has 0 bridgehead atoms. The van der Waals surface area contributed by atoms with Gasteiger partial charge in [0.2, 0.25) is 0 Å². The van der Waals surface area contributed by atoms with E-state index in [1.807, 2.05) is 53.0 Å². The number of hydrogen-bond donors (Lipinski definition) is 1. The smallest absolute Gasteiger partial charge is 0.385 e. The van der Waals surface area contributed by atoms with E-state index in [1.54, 1.807) is 20.1 Å². The first kappa shape index (κ1) is 28.4. The summed E-state index contributed by atoms with van der Waals surface area (Å²) in [4.78, 5) is 2.45. The van der Waals surface area contributed by atoms with E-state index >= 15 is 0 Å². The fourth-order valence-corrected chi connectivity index (χ4v) is 3.89. The van der Waals surface area contributed by atoms with Crippen LogP contribution in [0.3, 0.4) is 0 Å². The molecule has 181 valence electrons. The maximum Gasteiger partial charge on any atom is 0.406 e. The van der Waals surface area contributed by atoms with Gasteiger partial charge < -0.3 is 19.5 Å². The molecule has 8 heteroatoms. The second-order valence-electron chi connectivity index (χ2n) is 7.91. The number of fused-ring (bicyclic) bond motifs is 1. The van der Waals surface area contributed by atoms with Gasteiger partial charge in [0.1, 0.15) is 13.8 Å². The Bertz CT molecular complexity index is 772. The summed E-state index contributed by atoms with van der Waals surface area (Å²) in [5, 5.41) is 4.43. The van der Waals surface area contributed by atoms with Gasteiger partial charge in [0, 0.05) is 56.2 Å². The highest BCUT2D eigenvalue weighted by atomic mass is 19.4. The van der Waals surface area contributed by atoms with Crippen molar-refractivity contribution in [3.63, 3.8) is 0 Å². The lowest BCUT2D eigenvalue weighted by molar-refractivity contribution is -0.140. The van der Waals surface area contributed by atoms with Crippen LogP contribution in [0.25, 0.3) is 10.9 Å². The van der Waals surface area contributed by atoms with Crippen molar-refractivity contribution in [3.05, 3.63) is 30.0 Å². The summed E-state index contributed by atoms with van der Waals surface area (Å²) in [5.74, 6) is 0. The van der Waals surface area contributed by atoms with Gasteiger partial charge in [-0.1, -0.05) is 33.6 Å². The van der Waals surface area contributed by atoms with E-state index in [4.69, 9.17) is 4.74 Å². The lowest BCUT2D eigenvalue weighted by Gasteiger charge is -2.33. The topological polar surface area (TPSA) is 29.4 Å². The summed E-state index contributed by atoms with van der Waals surface area (Å²) in [7, 11) is 3.72. The summed E-state index contributed by atoms with van der Waals surface area (Å²) < 4.78 is 45.1. The molecule has 3 rings (SSSR count). The van der Waals surface area contributed by atoms with Gasteiger partial charge in [-0.15, -0.1) is 0 Å². The molecule has 0 aliphatic carbocycles. The number of nitrogens with one attached hydrogen (secondary N) is 1. The van der Waals surface area contributed by atoms with Crippen molar-refractivity contribution in [2.24, 2.45) is 0 Å². The average Bonchev–Trinajstić information content (AvgIpc) is 3.06. The van der Waals surface area contributed by atoms with Crippen molar-refractivity contribution >= 4 is 23.9 Å². The number of aryl methyl sites for hydroxylation is 1. The Morgan fingerprint density at radius 1 is 1.16 bits per heavy atom. The van der Waals surface area contributed by atoms with E-state index in [2.05, 4.69) is 10.2 Å². The molecule has 1 aromatic carbocycles. The van der Waals surface area contributed by atoms with Crippen molar-refractivity contribution in [1.29, 1.82) is 0 Å². The van der Waals surface area contributed by atoms with Gasteiger partial charge in [0.15, 0.2) is 0 Å². The second-order valence-corrected chi connectivity index (χ2v) is 7.91. The highest BCUT2D eigenvalue weighted by molar-refractivity contribution is 6.31. The van der Waals surface area contributed by atoms with Crippen molar-refractivity contribution in [3.8, 4) is 0 Å². The van der Waals surface area contributed by atoms with Crippen LogP contribution in [0.15, 0.2) is 24.3 Å². The maximum atomic E-state index is 12.9. The van der Waals surface area contributed by atoms with Gasteiger partial charge in [-0.05, 0) is 44.4 Å². The first-order valence-electron chi connectivity index (χ1n) is 11.7. The molecular formula is C24H40BF3N3O. The van der Waals surface area contributed by atoms with E-state index in [-0.39, 0.29) is 0 Å². The molecule has 0 saturated carbocycles. The number of methoxy groups -OCH3 is 1. The predicted molar refractivity (Wildman–Crippen MR) is 131 cm³/mol. The molecule has 0 atom stereocenters. The highest BCUT2D eigenvalue weighted by Crippen LogP contribution is 2.31. The van der Waals surface area contributed by atoms with Crippen LogP contribution in [0.2, 0.25) is 13.6 Å². The number of alkyl halides is 3. The van der Waals surface area contributed by atoms with Crippen molar-refractivity contribution in [2.45, 2.75) is 72.4 Å². The van der Waals surface area contributed by atoms with Gasteiger partial charge in [-0.2, -0.15) is 13.2 Å². The minimum atomic E-state index is -4.23. The zero-order valence-corrected chi connectivity index (χ0v) is 20.6. The Balaban J connectivity index is 0.000000944. The van der Waals surface area contributed by atoms with E-state index in [9.17, 15) is 13.2 Å². The predicted octanol–water partition coefficient (Wildman–Crippen LogP) is 6.24. The molecule has 1 aliphatic rings. The first-order chi connectivity index (χ1) is 15.3. The SMILES string of the molecule is CC.COCCCN1CCC(Nc2cccc3c2cc(C)n3CC(F)(F)F)CC1.C[B]C. The number of halogens is 3. The lowest BCUT2D eigenvalue weighted by Crippen LogP contribution is -2.39. The zero-order chi connectivity index (χ0) is 24.1. The van der Waals surface area contributed by atoms with Crippen LogP contribution in [0.1, 0.15) is 38.8 Å². The Hall–Kier alpha value is -1.67. The van der Waals surface area contributed by atoms with Crippen LogP contribution in [-0.2, 0) is 11.3 Å². The Kier molecular flexibility index (Phi) is 12.8. The standard InChI is InChI=1S/C20H28F3N3O.C2H6B.C2H6/c1-15-13-17-18(5-3-6-19(17)26(15)14-20(21,22)23)24-16-7-10-25(11-8-16)9-4-12-27-2;1-3-2;1-2/h3,5-6,13,16,24H,4,7-12,14H2,1-2H3;1-2H3;1-2H3. The number of ether oxygens (including phenoxy) is 1. The fourth-order valence-electron chi connectivity index (χ4n) is 3.89. The molecule has 2 aromatic rings. The Morgan fingerprint density at radius 3 is 2.34 bits per heavy atom. The number of nitrogens with zero attached hydrogens (tertiary/aromatic N) is 2. The summed E-state index contributed by atoms with van der Waals surface area (Å²) in [6.45, 7) is 12.7. The van der Waals surface area contributed by atoms with Gasteiger partial charge in [0.05, 0.1) is 5.52 Å². The van der Waals surface area contributed by atoms with Gasteiger partial charge in [0.25, 0.3) is 0 Å². The third kappa shape index (κ3) is 9.06. The summed E-state index contributed by atoms with van der Waals surface area (Å²) in [6, 6.07) is 7.75. The molecule has 1 radical (unpaired) electrons. The number of likely N-dealkylation sites (tertiary alicyclic amines) is 1. The van der Waals surface area contributed by atoms with Crippen molar-refractivity contribution < 1.29 is 17.9 Å². The van der Waals surface area contributed by atoms with Gasteiger partial charge in [-0.3, -0.25) is 0 Å². The molecule has 0 unspecified atom stereocenters. The molecule has 0 spiro atoms. The highest BCUT2D eigenvalue weighted by Gasteiger charge is 2.29.